The van der Waals surface area contributed by atoms with Crippen LogP contribution in [0.15, 0.2) is 60.0 Å². The lowest BCUT2D eigenvalue weighted by molar-refractivity contribution is -0.136. The van der Waals surface area contributed by atoms with Gasteiger partial charge in [-0.3, -0.25) is 9.59 Å². The third kappa shape index (κ3) is 5.88. The normalized spacial score (nSPS) is 15.5. The van der Waals surface area contributed by atoms with Crippen molar-refractivity contribution in [3.8, 4) is 5.75 Å². The average Bonchev–Trinajstić information content (AvgIpc) is 3.30. The van der Waals surface area contributed by atoms with Gasteiger partial charge in [0.1, 0.15) is 18.9 Å². The maximum atomic E-state index is 13.7. The molecule has 7 heteroatoms. The van der Waals surface area contributed by atoms with Crippen LogP contribution in [0.2, 0.25) is 5.02 Å². The fraction of sp³-hybridized carbons (Fsp3) is 0.357. The van der Waals surface area contributed by atoms with E-state index in [1.165, 1.54) is 4.88 Å². The van der Waals surface area contributed by atoms with Crippen LogP contribution < -0.4 is 4.74 Å². The van der Waals surface area contributed by atoms with Gasteiger partial charge in [-0.15, -0.1) is 11.3 Å². The van der Waals surface area contributed by atoms with Crippen LogP contribution in [-0.2, 0) is 11.2 Å². The van der Waals surface area contributed by atoms with Crippen LogP contribution in [0.25, 0.3) is 0 Å². The van der Waals surface area contributed by atoms with E-state index >= 15 is 0 Å². The SMILES string of the molecule is Cc1ccc(C(=O)N(CC(=O)N2CCc3sccc3[C@H]2COc2ccc(Cl)cc2)C(C)(C)C)cc1. The van der Waals surface area contributed by atoms with Crippen LogP contribution >= 0.6 is 22.9 Å². The Morgan fingerprint density at radius 1 is 1.09 bits per heavy atom. The van der Waals surface area contributed by atoms with Crippen molar-refractivity contribution in [3.05, 3.63) is 86.6 Å². The molecule has 2 heterocycles. The van der Waals surface area contributed by atoms with Crippen LogP contribution in [0.5, 0.6) is 5.75 Å². The Labute approximate surface area is 216 Å². The van der Waals surface area contributed by atoms with E-state index in [1.54, 1.807) is 28.4 Å². The summed E-state index contributed by atoms with van der Waals surface area (Å²) >= 11 is 7.71. The molecule has 2 amide bonds. The predicted molar refractivity (Wildman–Crippen MR) is 141 cm³/mol. The molecule has 5 nitrogen and oxygen atoms in total. The second kappa shape index (κ2) is 10.4. The van der Waals surface area contributed by atoms with Crippen molar-refractivity contribution < 1.29 is 14.3 Å². The van der Waals surface area contributed by atoms with E-state index in [-0.39, 0.29) is 24.4 Å². The topological polar surface area (TPSA) is 49.9 Å². The fourth-order valence-corrected chi connectivity index (χ4v) is 5.33. The highest BCUT2D eigenvalue weighted by molar-refractivity contribution is 7.10. The molecule has 0 radical (unpaired) electrons. The third-order valence-corrected chi connectivity index (χ3v) is 7.53. The second-order valence-corrected chi connectivity index (χ2v) is 11.3. The number of amides is 2. The van der Waals surface area contributed by atoms with Gasteiger partial charge in [-0.1, -0.05) is 29.3 Å². The Balaban J connectivity index is 1.55. The fourth-order valence-electron chi connectivity index (χ4n) is 4.27. The summed E-state index contributed by atoms with van der Waals surface area (Å²) < 4.78 is 6.08. The zero-order valence-corrected chi connectivity index (χ0v) is 22.2. The molecule has 4 rings (SSSR count). The number of hydrogen-bond donors (Lipinski definition) is 0. The van der Waals surface area contributed by atoms with Crippen LogP contribution in [0, 0.1) is 6.92 Å². The Bertz CT molecular complexity index is 1180. The van der Waals surface area contributed by atoms with Crippen molar-refractivity contribution in [2.45, 2.75) is 45.7 Å². The van der Waals surface area contributed by atoms with Gasteiger partial charge in [0, 0.05) is 27.5 Å². The van der Waals surface area contributed by atoms with Crippen molar-refractivity contribution in [2.75, 3.05) is 19.7 Å². The van der Waals surface area contributed by atoms with Gasteiger partial charge in [-0.05, 0) is 87.5 Å². The summed E-state index contributed by atoms with van der Waals surface area (Å²) in [6.45, 7) is 8.80. The first-order chi connectivity index (χ1) is 16.6. The molecule has 1 aliphatic heterocycles. The van der Waals surface area contributed by atoms with Crippen molar-refractivity contribution in [2.24, 2.45) is 0 Å². The number of carbonyl (C=O) groups excluding carboxylic acids is 2. The second-order valence-electron chi connectivity index (χ2n) is 9.85. The van der Waals surface area contributed by atoms with Gasteiger partial charge in [0.2, 0.25) is 5.91 Å². The summed E-state index contributed by atoms with van der Waals surface area (Å²) in [6.07, 6.45) is 0.803. The Morgan fingerprint density at radius 2 is 1.77 bits per heavy atom. The minimum atomic E-state index is -0.518. The molecule has 0 spiro atoms. The highest BCUT2D eigenvalue weighted by atomic mass is 35.5. The molecule has 0 N–H and O–H groups in total. The van der Waals surface area contributed by atoms with Gasteiger partial charge in [-0.2, -0.15) is 0 Å². The van der Waals surface area contributed by atoms with Crippen molar-refractivity contribution in [1.82, 2.24) is 9.80 Å². The van der Waals surface area contributed by atoms with Crippen LogP contribution in [0.3, 0.4) is 0 Å². The molecule has 1 atom stereocenters. The first-order valence-corrected chi connectivity index (χ1v) is 13.0. The molecule has 1 aromatic heterocycles. The van der Waals surface area contributed by atoms with E-state index in [2.05, 4.69) is 11.4 Å². The van der Waals surface area contributed by atoms with Gasteiger partial charge in [-0.25, -0.2) is 0 Å². The number of carbonyl (C=O) groups is 2. The van der Waals surface area contributed by atoms with Crippen LogP contribution in [-0.4, -0.2) is 46.8 Å². The molecular formula is C28H31ClN2O3S. The zero-order valence-electron chi connectivity index (χ0n) is 20.6. The number of rotatable bonds is 6. The average molecular weight is 511 g/mol. The molecule has 0 aliphatic carbocycles. The Kier molecular flexibility index (Phi) is 7.53. The number of thiophene rings is 1. The number of benzene rings is 2. The minimum absolute atomic E-state index is 0.00707. The molecule has 1 aliphatic rings. The van der Waals surface area contributed by atoms with Crippen molar-refractivity contribution in [3.63, 3.8) is 0 Å². The monoisotopic (exact) mass is 510 g/mol. The van der Waals surface area contributed by atoms with Gasteiger partial charge >= 0.3 is 0 Å². The summed E-state index contributed by atoms with van der Waals surface area (Å²) in [5.74, 6) is 0.477. The largest absolute Gasteiger partial charge is 0.491 e. The zero-order chi connectivity index (χ0) is 25.2. The van der Waals surface area contributed by atoms with Crippen molar-refractivity contribution >= 4 is 34.8 Å². The molecule has 0 bridgehead atoms. The van der Waals surface area contributed by atoms with E-state index in [4.69, 9.17) is 16.3 Å². The van der Waals surface area contributed by atoms with E-state index in [0.29, 0.717) is 29.5 Å². The number of hydrogen-bond acceptors (Lipinski definition) is 4. The molecule has 0 saturated carbocycles. The maximum Gasteiger partial charge on any atom is 0.254 e. The molecule has 184 valence electrons. The van der Waals surface area contributed by atoms with E-state index in [1.807, 2.05) is 69.0 Å². The first kappa shape index (κ1) is 25.3. The smallest absolute Gasteiger partial charge is 0.254 e. The van der Waals surface area contributed by atoms with Gasteiger partial charge in [0.05, 0.1) is 6.04 Å². The maximum absolute atomic E-state index is 13.7. The number of halogens is 1. The molecule has 2 aromatic carbocycles. The lowest BCUT2D eigenvalue weighted by atomic mass is 9.99. The molecule has 0 fully saturated rings. The van der Waals surface area contributed by atoms with E-state index < -0.39 is 5.54 Å². The number of aryl methyl sites for hydroxylation is 1. The van der Waals surface area contributed by atoms with Gasteiger partial charge in [0.15, 0.2) is 0 Å². The highest BCUT2D eigenvalue weighted by Crippen LogP contribution is 2.34. The molecule has 0 saturated heterocycles. The molecule has 3 aromatic rings. The van der Waals surface area contributed by atoms with Gasteiger partial charge in [0.25, 0.3) is 5.91 Å². The van der Waals surface area contributed by atoms with Crippen molar-refractivity contribution in [1.29, 1.82) is 0 Å². The minimum Gasteiger partial charge on any atom is -0.491 e. The summed E-state index contributed by atoms with van der Waals surface area (Å²) in [6, 6.07) is 16.6. The lowest BCUT2D eigenvalue weighted by Gasteiger charge is -2.40. The third-order valence-electron chi connectivity index (χ3n) is 6.28. The first-order valence-electron chi connectivity index (χ1n) is 11.8. The quantitative estimate of drug-likeness (QED) is 0.399. The van der Waals surface area contributed by atoms with Crippen LogP contribution in [0.4, 0.5) is 0 Å². The highest BCUT2D eigenvalue weighted by Gasteiger charge is 2.36. The summed E-state index contributed by atoms with van der Waals surface area (Å²) in [7, 11) is 0. The summed E-state index contributed by atoms with van der Waals surface area (Å²) in [5, 5.41) is 2.71. The molecule has 35 heavy (non-hydrogen) atoms. The Morgan fingerprint density at radius 3 is 2.43 bits per heavy atom. The Hall–Kier alpha value is -2.83. The summed E-state index contributed by atoms with van der Waals surface area (Å²) in [4.78, 5) is 31.9. The van der Waals surface area contributed by atoms with E-state index in [9.17, 15) is 9.59 Å². The van der Waals surface area contributed by atoms with Crippen LogP contribution in [0.1, 0.15) is 53.2 Å². The van der Waals surface area contributed by atoms with Gasteiger partial charge < -0.3 is 14.5 Å². The number of nitrogens with zero attached hydrogens (tertiary/aromatic N) is 2. The lowest BCUT2D eigenvalue weighted by Crippen LogP contribution is -2.53. The molecule has 0 unspecified atom stereocenters. The molecular weight excluding hydrogens is 480 g/mol. The number of fused-ring (bicyclic) bond motifs is 1. The number of ether oxygens (including phenoxy) is 1. The standard InChI is InChI=1S/C28H31ClN2O3S/c1-19-5-7-20(8-6-19)27(33)31(28(2,3)4)17-26(32)30-15-13-25-23(14-16-35-25)24(30)18-34-22-11-9-21(29)10-12-22/h5-12,14,16,24H,13,15,17-18H2,1-4H3/t24-/m1/s1. The predicted octanol–water partition coefficient (Wildman–Crippen LogP) is 6.16. The van der Waals surface area contributed by atoms with E-state index in [0.717, 1.165) is 17.5 Å². The summed E-state index contributed by atoms with van der Waals surface area (Å²) in [5.41, 5.74) is 2.27.